The zero-order valence-electron chi connectivity index (χ0n) is 14.3. The molecule has 0 nitrogen and oxygen atoms in total. The minimum atomic E-state index is 0. The number of allylic oxidation sites excluding steroid dienone is 8. The van der Waals surface area contributed by atoms with E-state index in [-0.39, 0.29) is 18.6 Å². The van der Waals surface area contributed by atoms with Crippen LogP contribution in [0.2, 0.25) is 0 Å². The molecule has 2 rings (SSSR count). The Hall–Kier alpha value is -0.456. The quantitative estimate of drug-likeness (QED) is 0.489. The largest absolute Gasteiger partial charge is 2.00 e. The van der Waals surface area contributed by atoms with Gasteiger partial charge < -0.3 is 0 Å². The van der Waals surface area contributed by atoms with Crippen LogP contribution in [0.15, 0.2) is 34.4 Å². The first-order valence-corrected chi connectivity index (χ1v) is 8.22. The van der Waals surface area contributed by atoms with Gasteiger partial charge in [-0.25, -0.2) is 35.5 Å². The summed E-state index contributed by atoms with van der Waals surface area (Å²) in [5.41, 5.74) is 5.65. The molecule has 0 spiro atoms. The maximum atomic E-state index is 3.37. The first-order valence-electron chi connectivity index (χ1n) is 8.22. The van der Waals surface area contributed by atoms with E-state index in [9.17, 15) is 0 Å². The maximum Gasteiger partial charge on any atom is 2.00 e. The summed E-state index contributed by atoms with van der Waals surface area (Å²) in [5.74, 6) is 0. The Kier molecular flexibility index (Phi) is 11.9. The Morgan fingerprint density at radius 3 is 1.43 bits per heavy atom. The van der Waals surface area contributed by atoms with Gasteiger partial charge in [-0.1, -0.05) is 79.1 Å². The second-order valence-corrected chi connectivity index (χ2v) is 5.88. The van der Waals surface area contributed by atoms with Crippen molar-refractivity contribution in [2.45, 2.75) is 79.1 Å². The van der Waals surface area contributed by atoms with Crippen molar-refractivity contribution < 1.29 is 18.6 Å². The maximum absolute atomic E-state index is 3.37. The molecule has 0 saturated heterocycles. The minimum Gasteiger partial charge on any atom is -0.250 e. The van der Waals surface area contributed by atoms with Crippen molar-refractivity contribution in [3.05, 3.63) is 46.6 Å². The average Bonchev–Trinajstić information content (AvgIpc) is 3.03. The first-order chi connectivity index (χ1) is 9.65. The molecule has 115 valence electrons. The molecule has 0 amide bonds. The van der Waals surface area contributed by atoms with E-state index in [2.05, 4.69) is 52.0 Å². The average molecular weight is 321 g/mol. The van der Waals surface area contributed by atoms with E-state index in [0.717, 1.165) is 12.8 Å². The SMILES string of the molecule is CCCCC1=CCC(C)=[C-]1.CCCCC1=CCC(C)=[C-]1.[V+2]. The van der Waals surface area contributed by atoms with Gasteiger partial charge in [0, 0.05) is 0 Å². The molecule has 21 heavy (non-hydrogen) atoms. The van der Waals surface area contributed by atoms with Gasteiger partial charge in [-0.15, -0.1) is 0 Å². The molecule has 1 radical (unpaired) electrons. The van der Waals surface area contributed by atoms with Crippen molar-refractivity contribution in [1.29, 1.82) is 0 Å². The third-order valence-corrected chi connectivity index (χ3v) is 3.66. The van der Waals surface area contributed by atoms with Crippen LogP contribution in [0.1, 0.15) is 79.1 Å². The van der Waals surface area contributed by atoms with Crippen LogP contribution in [0, 0.1) is 12.2 Å². The molecule has 0 unspecified atom stereocenters. The molecular formula is C20H30V. The van der Waals surface area contributed by atoms with Crippen LogP contribution in [0.25, 0.3) is 0 Å². The number of unbranched alkanes of at least 4 members (excludes halogenated alkanes) is 2. The van der Waals surface area contributed by atoms with E-state index in [4.69, 9.17) is 0 Å². The van der Waals surface area contributed by atoms with Gasteiger partial charge in [0.05, 0.1) is 0 Å². The van der Waals surface area contributed by atoms with Gasteiger partial charge in [-0.2, -0.15) is 11.1 Å². The van der Waals surface area contributed by atoms with Gasteiger partial charge in [0.25, 0.3) is 0 Å². The molecule has 0 bridgehead atoms. The van der Waals surface area contributed by atoms with E-state index in [1.807, 2.05) is 0 Å². The molecule has 0 fully saturated rings. The third kappa shape index (κ3) is 9.22. The van der Waals surface area contributed by atoms with Gasteiger partial charge in [0.15, 0.2) is 0 Å². The Bertz CT molecular complexity index is 368. The van der Waals surface area contributed by atoms with Crippen LogP contribution in [0.5, 0.6) is 0 Å². The van der Waals surface area contributed by atoms with Crippen LogP contribution in [0.4, 0.5) is 0 Å². The van der Waals surface area contributed by atoms with Gasteiger partial charge in [-0.3, -0.25) is 0 Å². The summed E-state index contributed by atoms with van der Waals surface area (Å²) in [7, 11) is 0. The van der Waals surface area contributed by atoms with Crippen molar-refractivity contribution in [2.24, 2.45) is 0 Å². The molecule has 1 heteroatoms. The normalized spacial score (nSPS) is 16.2. The second kappa shape index (κ2) is 12.1. The van der Waals surface area contributed by atoms with Crippen LogP contribution < -0.4 is 0 Å². The molecule has 0 atom stereocenters. The van der Waals surface area contributed by atoms with E-state index >= 15 is 0 Å². The van der Waals surface area contributed by atoms with Gasteiger partial charge in [0.2, 0.25) is 0 Å². The van der Waals surface area contributed by atoms with Gasteiger partial charge in [0.1, 0.15) is 0 Å². The monoisotopic (exact) mass is 321 g/mol. The van der Waals surface area contributed by atoms with Gasteiger partial charge in [-0.05, 0) is 0 Å². The fourth-order valence-electron chi connectivity index (χ4n) is 2.37. The van der Waals surface area contributed by atoms with Crippen LogP contribution >= 0.6 is 0 Å². The zero-order valence-corrected chi connectivity index (χ0v) is 15.7. The van der Waals surface area contributed by atoms with Crippen molar-refractivity contribution in [2.75, 3.05) is 0 Å². The fraction of sp³-hybridized carbons (Fsp3) is 0.600. The van der Waals surface area contributed by atoms with E-state index in [1.54, 1.807) is 0 Å². The van der Waals surface area contributed by atoms with E-state index in [0.29, 0.717) is 0 Å². The number of rotatable bonds is 6. The van der Waals surface area contributed by atoms with E-state index < -0.39 is 0 Å². The Morgan fingerprint density at radius 1 is 0.810 bits per heavy atom. The number of hydrogen-bond donors (Lipinski definition) is 0. The van der Waals surface area contributed by atoms with Crippen LogP contribution in [-0.4, -0.2) is 0 Å². The fourth-order valence-corrected chi connectivity index (χ4v) is 2.37. The molecular weight excluding hydrogens is 291 g/mol. The molecule has 0 aromatic carbocycles. The molecule has 2 aliphatic rings. The third-order valence-electron chi connectivity index (χ3n) is 3.66. The van der Waals surface area contributed by atoms with Gasteiger partial charge >= 0.3 is 18.6 Å². The second-order valence-electron chi connectivity index (χ2n) is 5.88. The van der Waals surface area contributed by atoms with Crippen molar-refractivity contribution in [3.63, 3.8) is 0 Å². The summed E-state index contributed by atoms with van der Waals surface area (Å²) in [6.07, 6.45) is 21.3. The zero-order chi connectivity index (χ0) is 14.8. The first kappa shape index (κ1) is 20.5. The molecule has 0 aromatic rings. The molecule has 0 N–H and O–H groups in total. The summed E-state index contributed by atoms with van der Waals surface area (Å²) in [6.45, 7) is 8.75. The predicted molar refractivity (Wildman–Crippen MR) is 89.3 cm³/mol. The Morgan fingerprint density at radius 2 is 1.19 bits per heavy atom. The Balaban J connectivity index is 0.000000364. The predicted octanol–water partition coefficient (Wildman–Crippen LogP) is 6.51. The Labute approximate surface area is 144 Å². The molecule has 0 saturated carbocycles. The summed E-state index contributed by atoms with van der Waals surface area (Å²) in [5, 5.41) is 0. The van der Waals surface area contributed by atoms with Crippen LogP contribution in [-0.2, 0) is 18.6 Å². The topological polar surface area (TPSA) is 0 Å². The van der Waals surface area contributed by atoms with Crippen molar-refractivity contribution >= 4 is 0 Å². The minimum absolute atomic E-state index is 0. The summed E-state index contributed by atoms with van der Waals surface area (Å²) >= 11 is 0. The van der Waals surface area contributed by atoms with Crippen molar-refractivity contribution in [3.8, 4) is 0 Å². The molecule has 0 heterocycles. The van der Waals surface area contributed by atoms with Crippen LogP contribution in [0.3, 0.4) is 0 Å². The molecule has 2 aliphatic carbocycles. The molecule has 0 aliphatic heterocycles. The summed E-state index contributed by atoms with van der Waals surface area (Å²) < 4.78 is 0. The van der Waals surface area contributed by atoms with Crippen molar-refractivity contribution in [1.82, 2.24) is 0 Å². The smallest absolute Gasteiger partial charge is 0.250 e. The summed E-state index contributed by atoms with van der Waals surface area (Å²) in [4.78, 5) is 0. The standard InChI is InChI=1S/2C10H15.V/c2*1-3-4-5-10-7-6-9(2)8-10;/h2*7H,3-6H2,1-2H3;/q2*-1;+2. The van der Waals surface area contributed by atoms with E-state index in [1.165, 1.54) is 60.8 Å². The molecule has 0 aromatic heterocycles. The summed E-state index contributed by atoms with van der Waals surface area (Å²) in [6, 6.07) is 0. The number of hydrogen-bond acceptors (Lipinski definition) is 0.